The lowest BCUT2D eigenvalue weighted by molar-refractivity contribution is -0.141. The maximum Gasteiger partial charge on any atom is 0.307 e. The van der Waals surface area contributed by atoms with Crippen molar-refractivity contribution in [1.82, 2.24) is 0 Å². The van der Waals surface area contributed by atoms with E-state index in [0.717, 1.165) is 18.6 Å². The van der Waals surface area contributed by atoms with E-state index in [2.05, 4.69) is 6.92 Å². The third-order valence-electron chi connectivity index (χ3n) is 3.32. The Kier molecular flexibility index (Phi) is 7.41. The van der Waals surface area contributed by atoms with Gasteiger partial charge in [-0.2, -0.15) is 0 Å². The Morgan fingerprint density at radius 3 is 2.75 bits per heavy atom. The number of hydrogen-bond acceptors (Lipinski definition) is 3. The highest BCUT2D eigenvalue weighted by Gasteiger charge is 2.16. The molecule has 0 aromatic heterocycles. The molecule has 0 bridgehead atoms. The van der Waals surface area contributed by atoms with Crippen LogP contribution >= 0.6 is 11.6 Å². The highest BCUT2D eigenvalue weighted by molar-refractivity contribution is 6.30. The molecular weight excluding hydrogens is 278 g/mol. The minimum Gasteiger partial charge on any atom is -0.494 e. The molecule has 4 nitrogen and oxygen atoms in total. The first-order chi connectivity index (χ1) is 9.52. The minimum atomic E-state index is -0.810. The summed E-state index contributed by atoms with van der Waals surface area (Å²) in [4.78, 5) is 10.9. The molecule has 5 heteroatoms. The lowest BCUT2D eigenvalue weighted by Gasteiger charge is -2.15. The summed E-state index contributed by atoms with van der Waals surface area (Å²) in [5, 5.41) is 9.58. The van der Waals surface area contributed by atoms with Gasteiger partial charge in [-0.1, -0.05) is 24.6 Å². The molecule has 2 atom stereocenters. The van der Waals surface area contributed by atoms with Gasteiger partial charge in [-0.3, -0.25) is 4.79 Å². The van der Waals surface area contributed by atoms with Gasteiger partial charge in [0, 0.05) is 11.6 Å². The molecule has 1 aromatic carbocycles. The predicted octanol–water partition coefficient (Wildman–Crippen LogP) is 3.18. The standard InChI is InChI=1S/C15H22ClNO3/c1-11(5-6-12(10-17)15(18)19)7-8-20-14-4-2-3-13(16)9-14/h2-4,9,11-12H,5-8,10,17H2,1H3,(H,18,19). The Bertz CT molecular complexity index is 425. The van der Waals surface area contributed by atoms with E-state index in [4.69, 9.17) is 27.2 Å². The van der Waals surface area contributed by atoms with Crippen molar-refractivity contribution in [2.75, 3.05) is 13.2 Å². The van der Waals surface area contributed by atoms with Crippen LogP contribution < -0.4 is 10.5 Å². The van der Waals surface area contributed by atoms with Gasteiger partial charge >= 0.3 is 5.97 Å². The van der Waals surface area contributed by atoms with Gasteiger partial charge in [0.15, 0.2) is 0 Å². The zero-order valence-corrected chi connectivity index (χ0v) is 12.5. The van der Waals surface area contributed by atoms with E-state index in [1.54, 1.807) is 12.1 Å². The average Bonchev–Trinajstić information content (AvgIpc) is 2.39. The lowest BCUT2D eigenvalue weighted by Crippen LogP contribution is -2.23. The number of benzene rings is 1. The van der Waals surface area contributed by atoms with Crippen molar-refractivity contribution in [2.45, 2.75) is 26.2 Å². The highest BCUT2D eigenvalue weighted by atomic mass is 35.5. The molecule has 20 heavy (non-hydrogen) atoms. The van der Waals surface area contributed by atoms with E-state index in [1.165, 1.54) is 0 Å². The van der Waals surface area contributed by atoms with E-state index in [1.807, 2.05) is 12.1 Å². The van der Waals surface area contributed by atoms with E-state index in [0.29, 0.717) is 24.0 Å². The van der Waals surface area contributed by atoms with Crippen molar-refractivity contribution in [1.29, 1.82) is 0 Å². The summed E-state index contributed by atoms with van der Waals surface area (Å²) in [7, 11) is 0. The van der Waals surface area contributed by atoms with Crippen LogP contribution in [0.15, 0.2) is 24.3 Å². The molecule has 0 radical (unpaired) electrons. The number of halogens is 1. The van der Waals surface area contributed by atoms with E-state index >= 15 is 0 Å². The lowest BCUT2D eigenvalue weighted by atomic mass is 9.95. The molecule has 0 amide bonds. The van der Waals surface area contributed by atoms with Crippen molar-refractivity contribution in [3.05, 3.63) is 29.3 Å². The highest BCUT2D eigenvalue weighted by Crippen LogP contribution is 2.19. The molecule has 0 saturated carbocycles. The normalized spacial score (nSPS) is 13.8. The third kappa shape index (κ3) is 6.26. The summed E-state index contributed by atoms with van der Waals surface area (Å²) in [5.41, 5.74) is 5.43. The average molecular weight is 300 g/mol. The Hall–Kier alpha value is -1.26. The summed E-state index contributed by atoms with van der Waals surface area (Å²) in [6.45, 7) is 2.89. The first kappa shape index (κ1) is 16.8. The van der Waals surface area contributed by atoms with E-state index in [-0.39, 0.29) is 6.54 Å². The van der Waals surface area contributed by atoms with Crippen molar-refractivity contribution >= 4 is 17.6 Å². The van der Waals surface area contributed by atoms with Crippen LogP contribution in [0, 0.1) is 11.8 Å². The summed E-state index contributed by atoms with van der Waals surface area (Å²) >= 11 is 5.87. The maximum absolute atomic E-state index is 10.9. The number of rotatable bonds is 9. The smallest absolute Gasteiger partial charge is 0.307 e. The van der Waals surface area contributed by atoms with Gasteiger partial charge in [0.2, 0.25) is 0 Å². The second-order valence-electron chi connectivity index (χ2n) is 5.05. The molecule has 2 unspecified atom stereocenters. The summed E-state index contributed by atoms with van der Waals surface area (Å²) in [5.74, 6) is -0.0844. The van der Waals surface area contributed by atoms with E-state index in [9.17, 15) is 4.79 Å². The molecule has 0 aliphatic carbocycles. The SMILES string of the molecule is CC(CCOc1cccc(Cl)c1)CCC(CN)C(=O)O. The summed E-state index contributed by atoms with van der Waals surface area (Å²) in [6, 6.07) is 7.29. The summed E-state index contributed by atoms with van der Waals surface area (Å²) in [6.07, 6.45) is 2.33. The fraction of sp³-hybridized carbons (Fsp3) is 0.533. The molecule has 112 valence electrons. The van der Waals surface area contributed by atoms with Crippen LogP contribution in [0.5, 0.6) is 5.75 Å². The number of carboxylic acids is 1. The molecule has 0 saturated heterocycles. The van der Waals surface area contributed by atoms with Crippen molar-refractivity contribution in [3.63, 3.8) is 0 Å². The number of carbonyl (C=O) groups is 1. The Balaban J connectivity index is 2.23. The first-order valence-electron chi connectivity index (χ1n) is 6.84. The van der Waals surface area contributed by atoms with Crippen LogP contribution in [0.1, 0.15) is 26.2 Å². The van der Waals surface area contributed by atoms with Gasteiger partial charge in [-0.05, 0) is 43.4 Å². The maximum atomic E-state index is 10.9. The Morgan fingerprint density at radius 2 is 2.15 bits per heavy atom. The summed E-state index contributed by atoms with van der Waals surface area (Å²) < 4.78 is 5.61. The number of ether oxygens (including phenoxy) is 1. The second-order valence-corrected chi connectivity index (χ2v) is 5.48. The van der Waals surface area contributed by atoms with Crippen molar-refractivity contribution in [2.24, 2.45) is 17.6 Å². The fourth-order valence-corrected chi connectivity index (χ4v) is 2.09. The van der Waals surface area contributed by atoms with Crippen LogP contribution in [0.3, 0.4) is 0 Å². The number of nitrogens with two attached hydrogens (primary N) is 1. The topological polar surface area (TPSA) is 72.5 Å². The van der Waals surface area contributed by atoms with Crippen LogP contribution in [-0.2, 0) is 4.79 Å². The van der Waals surface area contributed by atoms with Gasteiger partial charge in [-0.25, -0.2) is 0 Å². The predicted molar refractivity (Wildman–Crippen MR) is 80.1 cm³/mol. The van der Waals surface area contributed by atoms with Gasteiger partial charge in [0.05, 0.1) is 12.5 Å². The number of hydrogen-bond donors (Lipinski definition) is 2. The molecule has 0 fully saturated rings. The molecule has 1 rings (SSSR count). The van der Waals surface area contributed by atoms with Gasteiger partial charge < -0.3 is 15.6 Å². The van der Waals surface area contributed by atoms with Crippen LogP contribution in [0.2, 0.25) is 5.02 Å². The monoisotopic (exact) mass is 299 g/mol. The van der Waals surface area contributed by atoms with Crippen molar-refractivity contribution < 1.29 is 14.6 Å². The zero-order valence-electron chi connectivity index (χ0n) is 11.7. The second kappa shape index (κ2) is 8.82. The fourth-order valence-electron chi connectivity index (χ4n) is 1.91. The van der Waals surface area contributed by atoms with E-state index < -0.39 is 11.9 Å². The van der Waals surface area contributed by atoms with Crippen LogP contribution in [0.25, 0.3) is 0 Å². The van der Waals surface area contributed by atoms with Crippen LogP contribution in [0.4, 0.5) is 0 Å². The molecule has 1 aromatic rings. The molecular formula is C15H22ClNO3. The first-order valence-corrected chi connectivity index (χ1v) is 7.22. The van der Waals surface area contributed by atoms with Gasteiger partial charge in [0.25, 0.3) is 0 Å². The molecule has 0 heterocycles. The Morgan fingerprint density at radius 1 is 1.40 bits per heavy atom. The Labute approximate surface area is 124 Å². The third-order valence-corrected chi connectivity index (χ3v) is 3.55. The molecule has 3 N–H and O–H groups in total. The number of carboxylic acid groups (broad SMARTS) is 1. The van der Waals surface area contributed by atoms with Crippen LogP contribution in [-0.4, -0.2) is 24.2 Å². The molecule has 0 aliphatic rings. The van der Waals surface area contributed by atoms with Gasteiger partial charge in [-0.15, -0.1) is 0 Å². The quantitative estimate of drug-likeness (QED) is 0.734. The molecule has 0 spiro atoms. The molecule has 0 aliphatic heterocycles. The minimum absolute atomic E-state index is 0.196. The van der Waals surface area contributed by atoms with Gasteiger partial charge in [0.1, 0.15) is 5.75 Å². The zero-order chi connectivity index (χ0) is 15.0. The number of aliphatic carboxylic acids is 1. The largest absolute Gasteiger partial charge is 0.494 e. The van der Waals surface area contributed by atoms with Crippen molar-refractivity contribution in [3.8, 4) is 5.75 Å².